The van der Waals surface area contributed by atoms with E-state index in [1.165, 1.54) is 18.4 Å². The Bertz CT molecular complexity index is 679. The molecule has 0 aromatic heterocycles. The molecule has 1 heterocycles. The van der Waals surface area contributed by atoms with Gasteiger partial charge in [-0.2, -0.15) is 0 Å². The van der Waals surface area contributed by atoms with E-state index in [1.54, 1.807) is 0 Å². The molecular weight excluding hydrogens is 336 g/mol. The maximum Gasteiger partial charge on any atom is 0.220 e. The van der Waals surface area contributed by atoms with Gasteiger partial charge in [-0.3, -0.25) is 4.79 Å². The second-order valence-corrected chi connectivity index (χ2v) is 7.25. The van der Waals surface area contributed by atoms with Crippen LogP contribution in [0.1, 0.15) is 36.8 Å². The lowest BCUT2D eigenvalue weighted by Crippen LogP contribution is -2.30. The first-order chi connectivity index (χ1) is 13.3. The quantitative estimate of drug-likeness (QED) is 0.711. The van der Waals surface area contributed by atoms with Crippen LogP contribution in [0.3, 0.4) is 0 Å². The molecule has 0 atom stereocenters. The highest BCUT2D eigenvalue weighted by Gasteiger charge is 2.14. The highest BCUT2D eigenvalue weighted by Crippen LogP contribution is 2.17. The standard InChI is InChI=1S/C23H30N2O2/c26-23(11-8-20-12-15-24-16-13-20)25-17-14-19-6-9-22(10-7-19)27-18-21-4-2-1-3-5-21/h1-7,9-10,20,24H,8,11-18H2,(H,25,26). The number of benzene rings is 2. The van der Waals surface area contributed by atoms with E-state index in [-0.39, 0.29) is 5.91 Å². The van der Waals surface area contributed by atoms with E-state index in [0.29, 0.717) is 25.5 Å². The second kappa shape index (κ2) is 10.7. The zero-order valence-electron chi connectivity index (χ0n) is 16.0. The van der Waals surface area contributed by atoms with Crippen molar-refractivity contribution in [1.29, 1.82) is 0 Å². The Kier molecular flexibility index (Phi) is 7.72. The summed E-state index contributed by atoms with van der Waals surface area (Å²) in [6.07, 6.45) is 4.91. The SMILES string of the molecule is O=C(CCC1CCNCC1)NCCc1ccc(OCc2ccccc2)cc1. The summed E-state index contributed by atoms with van der Waals surface area (Å²) >= 11 is 0. The third-order valence-electron chi connectivity index (χ3n) is 5.15. The summed E-state index contributed by atoms with van der Waals surface area (Å²) in [6.45, 7) is 3.46. The van der Waals surface area contributed by atoms with Gasteiger partial charge in [-0.05, 0) is 68.0 Å². The molecule has 0 saturated carbocycles. The number of hydrogen-bond donors (Lipinski definition) is 2. The molecule has 1 aliphatic rings. The summed E-state index contributed by atoms with van der Waals surface area (Å²) in [7, 11) is 0. The van der Waals surface area contributed by atoms with Gasteiger partial charge in [0.25, 0.3) is 0 Å². The molecule has 1 saturated heterocycles. The fraction of sp³-hybridized carbons (Fsp3) is 0.435. The Labute approximate surface area is 162 Å². The number of amides is 1. The zero-order chi connectivity index (χ0) is 18.7. The summed E-state index contributed by atoms with van der Waals surface area (Å²) in [5.41, 5.74) is 2.37. The second-order valence-electron chi connectivity index (χ2n) is 7.25. The fourth-order valence-electron chi connectivity index (χ4n) is 3.43. The van der Waals surface area contributed by atoms with Gasteiger partial charge < -0.3 is 15.4 Å². The first-order valence-electron chi connectivity index (χ1n) is 10.0. The Morgan fingerprint density at radius 1 is 1.00 bits per heavy atom. The molecule has 4 nitrogen and oxygen atoms in total. The molecule has 2 aromatic rings. The maximum atomic E-state index is 12.0. The topological polar surface area (TPSA) is 50.4 Å². The van der Waals surface area contributed by atoms with Crippen LogP contribution >= 0.6 is 0 Å². The van der Waals surface area contributed by atoms with Gasteiger partial charge in [0.2, 0.25) is 5.91 Å². The summed E-state index contributed by atoms with van der Waals surface area (Å²) in [4.78, 5) is 12.0. The van der Waals surface area contributed by atoms with Crippen LogP contribution < -0.4 is 15.4 Å². The summed E-state index contributed by atoms with van der Waals surface area (Å²) in [5, 5.41) is 6.41. The van der Waals surface area contributed by atoms with E-state index >= 15 is 0 Å². The van der Waals surface area contributed by atoms with Gasteiger partial charge in [-0.15, -0.1) is 0 Å². The van der Waals surface area contributed by atoms with E-state index in [4.69, 9.17) is 4.74 Å². The minimum atomic E-state index is 0.177. The Morgan fingerprint density at radius 3 is 2.48 bits per heavy atom. The molecule has 4 heteroatoms. The summed E-state index contributed by atoms with van der Waals surface area (Å²) in [5.74, 6) is 1.75. The van der Waals surface area contributed by atoms with Crippen molar-refractivity contribution in [2.75, 3.05) is 19.6 Å². The first kappa shape index (κ1) is 19.4. The van der Waals surface area contributed by atoms with Gasteiger partial charge in [-0.1, -0.05) is 42.5 Å². The molecule has 1 amide bonds. The molecule has 27 heavy (non-hydrogen) atoms. The van der Waals surface area contributed by atoms with Crippen molar-refractivity contribution < 1.29 is 9.53 Å². The molecule has 2 N–H and O–H groups in total. The van der Waals surface area contributed by atoms with Crippen LogP contribution in [0.15, 0.2) is 54.6 Å². The molecular formula is C23H30N2O2. The van der Waals surface area contributed by atoms with E-state index < -0.39 is 0 Å². The van der Waals surface area contributed by atoms with E-state index in [1.807, 2.05) is 30.3 Å². The van der Waals surface area contributed by atoms with E-state index in [0.717, 1.165) is 37.2 Å². The van der Waals surface area contributed by atoms with Crippen LogP contribution in [0.25, 0.3) is 0 Å². The largest absolute Gasteiger partial charge is 0.489 e. The van der Waals surface area contributed by atoms with Crippen molar-refractivity contribution in [3.8, 4) is 5.75 Å². The number of hydrogen-bond acceptors (Lipinski definition) is 3. The lowest BCUT2D eigenvalue weighted by atomic mass is 9.93. The van der Waals surface area contributed by atoms with Crippen molar-refractivity contribution in [3.63, 3.8) is 0 Å². The molecule has 2 aromatic carbocycles. The lowest BCUT2D eigenvalue weighted by Gasteiger charge is -2.22. The number of carbonyl (C=O) groups is 1. The monoisotopic (exact) mass is 366 g/mol. The third kappa shape index (κ3) is 7.06. The van der Waals surface area contributed by atoms with Crippen LogP contribution in [0.4, 0.5) is 0 Å². The molecule has 1 fully saturated rings. The van der Waals surface area contributed by atoms with Gasteiger partial charge in [-0.25, -0.2) is 0 Å². The third-order valence-corrected chi connectivity index (χ3v) is 5.15. The Morgan fingerprint density at radius 2 is 1.74 bits per heavy atom. The van der Waals surface area contributed by atoms with E-state index in [2.05, 4.69) is 34.9 Å². The molecule has 0 aliphatic carbocycles. The molecule has 0 bridgehead atoms. The molecule has 0 spiro atoms. The normalized spacial score (nSPS) is 14.7. The first-order valence-corrected chi connectivity index (χ1v) is 10.0. The van der Waals surface area contributed by atoms with Gasteiger partial charge in [0.05, 0.1) is 0 Å². The zero-order valence-corrected chi connectivity index (χ0v) is 16.0. The van der Waals surface area contributed by atoms with Crippen LogP contribution in [0.2, 0.25) is 0 Å². The van der Waals surface area contributed by atoms with E-state index in [9.17, 15) is 4.79 Å². The molecule has 0 unspecified atom stereocenters. The predicted octanol–water partition coefficient (Wildman–Crippen LogP) is 3.70. The van der Waals surface area contributed by atoms with Crippen molar-refractivity contribution in [1.82, 2.24) is 10.6 Å². The Hall–Kier alpha value is -2.33. The van der Waals surface area contributed by atoms with Crippen molar-refractivity contribution in [2.24, 2.45) is 5.92 Å². The Balaban J connectivity index is 1.31. The van der Waals surface area contributed by atoms with Crippen LogP contribution in [-0.4, -0.2) is 25.5 Å². The highest BCUT2D eigenvalue weighted by atomic mass is 16.5. The molecule has 0 radical (unpaired) electrons. The average molecular weight is 367 g/mol. The molecule has 3 rings (SSSR count). The molecule has 1 aliphatic heterocycles. The smallest absolute Gasteiger partial charge is 0.220 e. The maximum absolute atomic E-state index is 12.0. The number of rotatable bonds is 9. The predicted molar refractivity (Wildman–Crippen MR) is 109 cm³/mol. The minimum Gasteiger partial charge on any atom is -0.489 e. The minimum absolute atomic E-state index is 0.177. The number of nitrogens with one attached hydrogen (secondary N) is 2. The molecule has 144 valence electrons. The van der Waals surface area contributed by atoms with Crippen molar-refractivity contribution >= 4 is 5.91 Å². The average Bonchev–Trinajstić information content (AvgIpc) is 2.73. The van der Waals surface area contributed by atoms with Crippen LogP contribution in [0, 0.1) is 5.92 Å². The van der Waals surface area contributed by atoms with Crippen molar-refractivity contribution in [2.45, 2.75) is 38.7 Å². The van der Waals surface area contributed by atoms with Crippen LogP contribution in [0.5, 0.6) is 5.75 Å². The van der Waals surface area contributed by atoms with Crippen molar-refractivity contribution in [3.05, 3.63) is 65.7 Å². The highest BCUT2D eigenvalue weighted by molar-refractivity contribution is 5.75. The van der Waals surface area contributed by atoms with Gasteiger partial charge in [0, 0.05) is 13.0 Å². The number of ether oxygens (including phenoxy) is 1. The number of piperidine rings is 1. The summed E-state index contributed by atoms with van der Waals surface area (Å²) in [6, 6.07) is 18.3. The van der Waals surface area contributed by atoms with Gasteiger partial charge in [0.1, 0.15) is 12.4 Å². The number of carbonyl (C=O) groups excluding carboxylic acids is 1. The fourth-order valence-corrected chi connectivity index (χ4v) is 3.43. The summed E-state index contributed by atoms with van der Waals surface area (Å²) < 4.78 is 5.81. The lowest BCUT2D eigenvalue weighted by molar-refractivity contribution is -0.121. The van der Waals surface area contributed by atoms with Gasteiger partial charge >= 0.3 is 0 Å². The van der Waals surface area contributed by atoms with Gasteiger partial charge in [0.15, 0.2) is 0 Å². The van der Waals surface area contributed by atoms with Crippen LogP contribution in [-0.2, 0) is 17.8 Å².